The quantitative estimate of drug-likeness (QED) is 0.835. The molecule has 0 saturated carbocycles. The lowest BCUT2D eigenvalue weighted by Gasteiger charge is -2.36. The summed E-state index contributed by atoms with van der Waals surface area (Å²) in [5.41, 5.74) is 1.20. The number of aromatic nitrogens is 4. The summed E-state index contributed by atoms with van der Waals surface area (Å²) in [5, 5.41) is 12.7. The highest BCUT2D eigenvalue weighted by atomic mass is 79.9. The number of hydrogen-bond donors (Lipinski definition) is 0. The van der Waals surface area contributed by atoms with E-state index in [1.54, 1.807) is 7.05 Å². The molecule has 2 heterocycles. The summed E-state index contributed by atoms with van der Waals surface area (Å²) in [6.45, 7) is 4.14. The van der Waals surface area contributed by atoms with Gasteiger partial charge in [-0.3, -0.25) is 4.90 Å². The number of benzene rings is 1. The number of hydrogen-bond acceptors (Lipinski definition) is 5. The molecule has 112 valence electrons. The minimum absolute atomic E-state index is 0.0699. The molecule has 21 heavy (non-hydrogen) atoms. The Morgan fingerprint density at radius 3 is 2.29 bits per heavy atom. The molecular formula is C14H19BrN6. The van der Waals surface area contributed by atoms with Crippen LogP contribution in [0.15, 0.2) is 28.7 Å². The molecular weight excluding hydrogens is 332 g/mol. The highest BCUT2D eigenvalue weighted by Gasteiger charge is 2.28. The van der Waals surface area contributed by atoms with Crippen LogP contribution in [-0.2, 0) is 7.05 Å². The summed E-state index contributed by atoms with van der Waals surface area (Å²) < 4.78 is 1.08. The van der Waals surface area contributed by atoms with Crippen LogP contribution in [0.5, 0.6) is 0 Å². The molecule has 3 rings (SSSR count). The van der Waals surface area contributed by atoms with Crippen LogP contribution in [0.4, 0.5) is 0 Å². The number of rotatable bonds is 3. The minimum Gasteiger partial charge on any atom is -0.304 e. The van der Waals surface area contributed by atoms with E-state index in [0.29, 0.717) is 0 Å². The normalized spacial score (nSPS) is 18.8. The predicted molar refractivity (Wildman–Crippen MR) is 83.9 cm³/mol. The second-order valence-corrected chi connectivity index (χ2v) is 6.35. The average Bonchev–Trinajstić information content (AvgIpc) is 2.90. The first-order chi connectivity index (χ1) is 10.1. The Hall–Kier alpha value is -1.31. The molecule has 0 amide bonds. The van der Waals surface area contributed by atoms with Gasteiger partial charge in [0, 0.05) is 30.7 Å². The van der Waals surface area contributed by atoms with Gasteiger partial charge in [0.2, 0.25) is 0 Å². The van der Waals surface area contributed by atoms with Crippen LogP contribution in [0.3, 0.4) is 0 Å². The first-order valence-corrected chi connectivity index (χ1v) is 7.85. The first kappa shape index (κ1) is 14.6. The van der Waals surface area contributed by atoms with E-state index < -0.39 is 0 Å². The van der Waals surface area contributed by atoms with Crippen molar-refractivity contribution in [1.29, 1.82) is 0 Å². The average molecular weight is 351 g/mol. The SMILES string of the molecule is CN1CCN(C(c2ccc(Br)cc2)c2nnn(C)n2)CC1. The summed E-state index contributed by atoms with van der Waals surface area (Å²) >= 11 is 3.49. The van der Waals surface area contributed by atoms with Crippen LogP contribution in [0.2, 0.25) is 0 Å². The zero-order valence-electron chi connectivity index (χ0n) is 12.3. The molecule has 0 radical (unpaired) electrons. The molecule has 0 aliphatic carbocycles. The van der Waals surface area contributed by atoms with Gasteiger partial charge >= 0.3 is 0 Å². The van der Waals surface area contributed by atoms with E-state index in [0.717, 1.165) is 36.5 Å². The van der Waals surface area contributed by atoms with Gasteiger partial charge in [0.05, 0.1) is 13.1 Å². The molecule has 1 aliphatic heterocycles. The lowest BCUT2D eigenvalue weighted by molar-refractivity contribution is 0.123. The van der Waals surface area contributed by atoms with E-state index in [1.165, 1.54) is 10.4 Å². The predicted octanol–water partition coefficient (Wildman–Crippen LogP) is 1.31. The van der Waals surface area contributed by atoms with Crippen LogP contribution < -0.4 is 0 Å². The first-order valence-electron chi connectivity index (χ1n) is 7.05. The van der Waals surface area contributed by atoms with Crippen molar-refractivity contribution in [3.63, 3.8) is 0 Å². The monoisotopic (exact) mass is 350 g/mol. The van der Waals surface area contributed by atoms with E-state index in [-0.39, 0.29) is 6.04 Å². The van der Waals surface area contributed by atoms with Crippen molar-refractivity contribution in [3.05, 3.63) is 40.1 Å². The van der Waals surface area contributed by atoms with Gasteiger partial charge in [-0.05, 0) is 30.0 Å². The fourth-order valence-corrected chi connectivity index (χ4v) is 2.92. The van der Waals surface area contributed by atoms with Crippen LogP contribution >= 0.6 is 15.9 Å². The third kappa shape index (κ3) is 3.30. The molecule has 1 fully saturated rings. The van der Waals surface area contributed by atoms with Crippen molar-refractivity contribution in [2.24, 2.45) is 7.05 Å². The molecule has 6 nitrogen and oxygen atoms in total. The third-order valence-corrected chi connectivity index (χ3v) is 4.39. The van der Waals surface area contributed by atoms with Gasteiger partial charge in [0.25, 0.3) is 0 Å². The zero-order chi connectivity index (χ0) is 14.8. The number of tetrazole rings is 1. The van der Waals surface area contributed by atoms with Crippen LogP contribution in [0.25, 0.3) is 0 Å². The Bertz CT molecular complexity index is 588. The molecule has 1 atom stereocenters. The van der Waals surface area contributed by atoms with Crippen LogP contribution in [0, 0.1) is 0 Å². The van der Waals surface area contributed by atoms with Crippen molar-refractivity contribution >= 4 is 15.9 Å². The van der Waals surface area contributed by atoms with Crippen molar-refractivity contribution < 1.29 is 0 Å². The maximum atomic E-state index is 4.43. The molecule has 0 N–H and O–H groups in total. The topological polar surface area (TPSA) is 50.1 Å². The van der Waals surface area contributed by atoms with Gasteiger partial charge in [-0.1, -0.05) is 28.1 Å². The Morgan fingerprint density at radius 2 is 1.71 bits per heavy atom. The van der Waals surface area contributed by atoms with Gasteiger partial charge in [0.15, 0.2) is 5.82 Å². The Balaban J connectivity index is 1.92. The van der Waals surface area contributed by atoms with Crippen LogP contribution in [-0.4, -0.2) is 63.2 Å². The smallest absolute Gasteiger partial charge is 0.196 e. The fraction of sp³-hybridized carbons (Fsp3) is 0.500. The Morgan fingerprint density at radius 1 is 1.05 bits per heavy atom. The number of halogens is 1. The Labute approximate surface area is 132 Å². The fourth-order valence-electron chi connectivity index (χ4n) is 2.66. The molecule has 1 aromatic heterocycles. The van der Waals surface area contributed by atoms with Gasteiger partial charge in [-0.15, -0.1) is 10.2 Å². The molecule has 1 aromatic carbocycles. The van der Waals surface area contributed by atoms with Gasteiger partial charge in [-0.2, -0.15) is 4.80 Å². The van der Waals surface area contributed by atoms with E-state index in [1.807, 2.05) is 0 Å². The molecule has 2 aromatic rings. The maximum absolute atomic E-state index is 4.43. The number of aryl methyl sites for hydroxylation is 1. The molecule has 1 saturated heterocycles. The van der Waals surface area contributed by atoms with Gasteiger partial charge in [-0.25, -0.2) is 0 Å². The second kappa shape index (κ2) is 6.21. The zero-order valence-corrected chi connectivity index (χ0v) is 13.9. The highest BCUT2D eigenvalue weighted by Crippen LogP contribution is 2.27. The molecule has 7 heteroatoms. The lowest BCUT2D eigenvalue weighted by atomic mass is 10.0. The number of likely N-dealkylation sites (N-methyl/N-ethyl adjacent to an activating group) is 1. The summed E-state index contributed by atoms with van der Waals surface area (Å²) in [6, 6.07) is 8.46. The maximum Gasteiger partial charge on any atom is 0.196 e. The molecule has 1 aliphatic rings. The molecule has 0 spiro atoms. The van der Waals surface area contributed by atoms with Crippen molar-refractivity contribution in [3.8, 4) is 0 Å². The van der Waals surface area contributed by atoms with Crippen LogP contribution in [0.1, 0.15) is 17.4 Å². The van der Waals surface area contributed by atoms with Crippen molar-refractivity contribution in [2.75, 3.05) is 33.2 Å². The summed E-state index contributed by atoms with van der Waals surface area (Å²) in [6.07, 6.45) is 0. The van der Waals surface area contributed by atoms with E-state index >= 15 is 0 Å². The molecule has 1 unspecified atom stereocenters. The van der Waals surface area contributed by atoms with Crippen molar-refractivity contribution in [2.45, 2.75) is 6.04 Å². The third-order valence-electron chi connectivity index (χ3n) is 3.86. The summed E-state index contributed by atoms with van der Waals surface area (Å²) in [7, 11) is 3.96. The number of nitrogens with zero attached hydrogens (tertiary/aromatic N) is 6. The second-order valence-electron chi connectivity index (χ2n) is 5.43. The van der Waals surface area contributed by atoms with E-state index in [4.69, 9.17) is 0 Å². The highest BCUT2D eigenvalue weighted by molar-refractivity contribution is 9.10. The minimum atomic E-state index is 0.0699. The standard InChI is InChI=1S/C14H19BrN6/c1-19-7-9-21(10-8-19)13(14-16-18-20(2)17-14)11-3-5-12(15)6-4-11/h3-6,13H,7-10H2,1-2H3. The summed E-state index contributed by atoms with van der Waals surface area (Å²) in [5.74, 6) is 0.768. The van der Waals surface area contributed by atoms with Gasteiger partial charge < -0.3 is 4.90 Å². The van der Waals surface area contributed by atoms with E-state index in [9.17, 15) is 0 Å². The largest absolute Gasteiger partial charge is 0.304 e. The molecule has 0 bridgehead atoms. The summed E-state index contributed by atoms with van der Waals surface area (Å²) in [4.78, 5) is 6.30. The Kier molecular flexibility index (Phi) is 4.32. The van der Waals surface area contributed by atoms with Gasteiger partial charge in [0.1, 0.15) is 0 Å². The van der Waals surface area contributed by atoms with E-state index in [2.05, 4.69) is 72.5 Å². The van der Waals surface area contributed by atoms with Crippen molar-refractivity contribution in [1.82, 2.24) is 30.0 Å². The number of piperazine rings is 1. The lowest BCUT2D eigenvalue weighted by Crippen LogP contribution is -2.46.